The van der Waals surface area contributed by atoms with Crippen molar-refractivity contribution in [3.8, 4) is 0 Å². The lowest BCUT2D eigenvalue weighted by Gasteiger charge is -2.35. The van der Waals surface area contributed by atoms with E-state index in [1.807, 2.05) is 13.2 Å². The average molecular weight is 329 g/mol. The van der Waals surface area contributed by atoms with Gasteiger partial charge in [0.1, 0.15) is 17.0 Å². The Morgan fingerprint density at radius 2 is 2.04 bits per heavy atom. The molecule has 0 unspecified atom stereocenters. The Labute approximate surface area is 138 Å². The minimum absolute atomic E-state index is 0.954. The SMILES string of the molecule is Cn1cc(CCN2CCN(c3ncnc4sccc34)CC2)nn1. The third-order valence-electron chi connectivity index (χ3n) is 4.25. The molecular weight excluding hydrogens is 310 g/mol. The van der Waals surface area contributed by atoms with E-state index in [1.165, 1.54) is 5.39 Å². The van der Waals surface area contributed by atoms with Crippen molar-refractivity contribution >= 4 is 27.4 Å². The Bertz CT molecular complexity index is 788. The van der Waals surface area contributed by atoms with E-state index in [-0.39, 0.29) is 0 Å². The van der Waals surface area contributed by atoms with Gasteiger partial charge in [0.2, 0.25) is 0 Å². The van der Waals surface area contributed by atoms with Crippen molar-refractivity contribution in [3.05, 3.63) is 29.7 Å². The van der Waals surface area contributed by atoms with Crippen LogP contribution in [0.2, 0.25) is 0 Å². The summed E-state index contributed by atoms with van der Waals surface area (Å²) in [5.41, 5.74) is 1.06. The molecule has 0 aromatic carbocycles. The number of fused-ring (bicyclic) bond motifs is 1. The lowest BCUT2D eigenvalue weighted by molar-refractivity contribution is 0.260. The molecule has 0 bridgehead atoms. The van der Waals surface area contributed by atoms with Crippen LogP contribution < -0.4 is 4.90 Å². The fourth-order valence-electron chi connectivity index (χ4n) is 2.99. The molecule has 4 heterocycles. The molecule has 0 spiro atoms. The molecule has 4 rings (SSSR count). The summed E-state index contributed by atoms with van der Waals surface area (Å²) in [7, 11) is 1.90. The zero-order chi connectivity index (χ0) is 15.6. The maximum Gasteiger partial charge on any atom is 0.140 e. The first-order chi connectivity index (χ1) is 11.3. The number of thiophene rings is 1. The van der Waals surface area contributed by atoms with Crippen LogP contribution in [0.4, 0.5) is 5.82 Å². The van der Waals surface area contributed by atoms with Crippen LogP contribution in [-0.2, 0) is 13.5 Å². The highest BCUT2D eigenvalue weighted by molar-refractivity contribution is 7.16. The van der Waals surface area contributed by atoms with E-state index in [1.54, 1.807) is 22.3 Å². The molecule has 1 aliphatic rings. The molecule has 1 aliphatic heterocycles. The van der Waals surface area contributed by atoms with Crippen LogP contribution >= 0.6 is 11.3 Å². The molecule has 3 aromatic rings. The van der Waals surface area contributed by atoms with Gasteiger partial charge in [-0.1, -0.05) is 5.21 Å². The van der Waals surface area contributed by atoms with Crippen molar-refractivity contribution in [1.82, 2.24) is 29.9 Å². The third-order valence-corrected chi connectivity index (χ3v) is 5.07. The van der Waals surface area contributed by atoms with Gasteiger partial charge in [0.05, 0.1) is 11.1 Å². The molecule has 0 atom stereocenters. The highest BCUT2D eigenvalue weighted by Crippen LogP contribution is 2.27. The van der Waals surface area contributed by atoms with Crippen molar-refractivity contribution in [1.29, 1.82) is 0 Å². The minimum Gasteiger partial charge on any atom is -0.353 e. The Morgan fingerprint density at radius 3 is 2.83 bits per heavy atom. The van der Waals surface area contributed by atoms with Gasteiger partial charge in [-0.25, -0.2) is 9.97 Å². The van der Waals surface area contributed by atoms with E-state index in [4.69, 9.17) is 0 Å². The highest BCUT2D eigenvalue weighted by atomic mass is 32.1. The Balaban J connectivity index is 1.36. The second kappa shape index (κ2) is 6.21. The summed E-state index contributed by atoms with van der Waals surface area (Å²) in [4.78, 5) is 14.8. The van der Waals surface area contributed by atoms with Gasteiger partial charge in [0, 0.05) is 52.4 Å². The van der Waals surface area contributed by atoms with Crippen molar-refractivity contribution in [3.63, 3.8) is 0 Å². The number of aryl methyl sites for hydroxylation is 1. The normalized spacial score (nSPS) is 16.3. The van der Waals surface area contributed by atoms with Gasteiger partial charge in [-0.3, -0.25) is 9.58 Å². The summed E-state index contributed by atoms with van der Waals surface area (Å²) in [5.74, 6) is 1.07. The van der Waals surface area contributed by atoms with Gasteiger partial charge in [-0.15, -0.1) is 16.4 Å². The topological polar surface area (TPSA) is 63.0 Å². The van der Waals surface area contributed by atoms with Gasteiger partial charge in [0.15, 0.2) is 0 Å². The molecule has 23 heavy (non-hydrogen) atoms. The largest absolute Gasteiger partial charge is 0.353 e. The number of hydrogen-bond donors (Lipinski definition) is 0. The molecule has 7 nitrogen and oxygen atoms in total. The van der Waals surface area contributed by atoms with E-state index < -0.39 is 0 Å². The summed E-state index contributed by atoms with van der Waals surface area (Å²) in [6.07, 6.45) is 4.62. The summed E-state index contributed by atoms with van der Waals surface area (Å²) in [6, 6.07) is 2.12. The number of nitrogens with zero attached hydrogens (tertiary/aromatic N) is 7. The van der Waals surface area contributed by atoms with Gasteiger partial charge in [-0.05, 0) is 11.4 Å². The van der Waals surface area contributed by atoms with Crippen LogP contribution in [0.25, 0.3) is 10.2 Å². The molecule has 8 heteroatoms. The Kier molecular flexibility index (Phi) is 3.92. The predicted octanol–water partition coefficient (Wildman–Crippen LogP) is 1.18. The first-order valence-corrected chi connectivity index (χ1v) is 8.68. The Hall–Kier alpha value is -2.06. The molecular formula is C15H19N7S. The second-order valence-electron chi connectivity index (χ2n) is 5.80. The summed E-state index contributed by atoms with van der Waals surface area (Å²) >= 11 is 1.67. The fraction of sp³-hybridized carbons (Fsp3) is 0.467. The Morgan fingerprint density at radius 1 is 1.17 bits per heavy atom. The molecule has 120 valence electrons. The smallest absolute Gasteiger partial charge is 0.140 e. The quantitative estimate of drug-likeness (QED) is 0.716. The van der Waals surface area contributed by atoms with Crippen molar-refractivity contribution in [2.75, 3.05) is 37.6 Å². The molecule has 1 fully saturated rings. The van der Waals surface area contributed by atoms with Gasteiger partial charge in [-0.2, -0.15) is 0 Å². The van der Waals surface area contributed by atoms with Crippen LogP contribution in [0.5, 0.6) is 0 Å². The first kappa shape index (κ1) is 14.5. The molecule has 0 saturated carbocycles. The maximum atomic E-state index is 4.51. The maximum absolute atomic E-state index is 4.51. The molecule has 3 aromatic heterocycles. The van der Waals surface area contributed by atoms with Crippen LogP contribution in [0.1, 0.15) is 5.69 Å². The van der Waals surface area contributed by atoms with Gasteiger partial charge in [0.25, 0.3) is 0 Å². The van der Waals surface area contributed by atoms with Crippen molar-refractivity contribution in [2.24, 2.45) is 7.05 Å². The van der Waals surface area contributed by atoms with Gasteiger partial charge >= 0.3 is 0 Å². The highest BCUT2D eigenvalue weighted by Gasteiger charge is 2.20. The average Bonchev–Trinajstić information content (AvgIpc) is 3.22. The van der Waals surface area contributed by atoms with Crippen LogP contribution in [0, 0.1) is 0 Å². The zero-order valence-corrected chi connectivity index (χ0v) is 13.9. The third kappa shape index (κ3) is 3.04. The molecule has 0 N–H and O–H groups in total. The number of anilines is 1. The summed E-state index contributed by atoms with van der Waals surface area (Å²) in [5, 5.41) is 11.4. The first-order valence-electron chi connectivity index (χ1n) is 7.80. The zero-order valence-electron chi connectivity index (χ0n) is 13.1. The fourth-order valence-corrected chi connectivity index (χ4v) is 3.72. The molecule has 0 aliphatic carbocycles. The van der Waals surface area contributed by atoms with E-state index in [0.717, 1.165) is 55.5 Å². The second-order valence-corrected chi connectivity index (χ2v) is 6.69. The van der Waals surface area contributed by atoms with E-state index in [9.17, 15) is 0 Å². The van der Waals surface area contributed by atoms with Crippen molar-refractivity contribution in [2.45, 2.75) is 6.42 Å². The molecule has 0 amide bonds. The summed E-state index contributed by atoms with van der Waals surface area (Å²) in [6.45, 7) is 5.14. The van der Waals surface area contributed by atoms with Crippen molar-refractivity contribution < 1.29 is 0 Å². The van der Waals surface area contributed by atoms with Crippen LogP contribution in [0.15, 0.2) is 24.0 Å². The van der Waals surface area contributed by atoms with E-state index in [0.29, 0.717) is 0 Å². The molecule has 0 radical (unpaired) electrons. The number of piperazine rings is 1. The minimum atomic E-state index is 0.954. The standard InChI is InChI=1S/C15H19N7S/c1-20-10-12(18-19-20)2-4-21-5-7-22(8-6-21)14-13-3-9-23-15(13)17-11-16-14/h3,9-11H,2,4-8H2,1H3. The lowest BCUT2D eigenvalue weighted by atomic mass is 10.2. The summed E-state index contributed by atoms with van der Waals surface area (Å²) < 4.78 is 1.76. The van der Waals surface area contributed by atoms with Crippen LogP contribution in [0.3, 0.4) is 0 Å². The number of aromatic nitrogens is 5. The van der Waals surface area contributed by atoms with Gasteiger partial charge < -0.3 is 4.90 Å². The lowest BCUT2D eigenvalue weighted by Crippen LogP contribution is -2.47. The predicted molar refractivity (Wildman–Crippen MR) is 90.8 cm³/mol. The van der Waals surface area contributed by atoms with E-state index in [2.05, 4.69) is 41.5 Å². The number of hydrogen-bond acceptors (Lipinski definition) is 7. The monoisotopic (exact) mass is 329 g/mol. The molecule has 1 saturated heterocycles. The van der Waals surface area contributed by atoms with Crippen LogP contribution in [-0.4, -0.2) is 62.6 Å². The van der Waals surface area contributed by atoms with E-state index >= 15 is 0 Å². The number of rotatable bonds is 4.